The molecule has 0 saturated heterocycles. The topological polar surface area (TPSA) is 3.24 Å². The third-order valence-corrected chi connectivity index (χ3v) is 13.3. The van der Waals surface area contributed by atoms with Crippen molar-refractivity contribution in [3.63, 3.8) is 0 Å². The highest BCUT2D eigenvalue weighted by Crippen LogP contribution is 2.57. The molecule has 278 valence electrons. The van der Waals surface area contributed by atoms with E-state index in [4.69, 9.17) is 0 Å². The fourth-order valence-corrected chi connectivity index (χ4v) is 10.4. The van der Waals surface area contributed by atoms with Crippen LogP contribution in [0.3, 0.4) is 0 Å². The van der Waals surface area contributed by atoms with E-state index in [0.717, 1.165) is 0 Å². The summed E-state index contributed by atoms with van der Waals surface area (Å²) in [5, 5.41) is 4.99. The first-order chi connectivity index (χ1) is 28.2. The van der Waals surface area contributed by atoms with E-state index in [1.807, 2.05) is 0 Å². The molecular weight excluding hydrogens is 699 g/mol. The van der Waals surface area contributed by atoms with Gasteiger partial charge >= 0.3 is 0 Å². The maximum atomic E-state index is 2.60. The zero-order chi connectivity index (χ0) is 39.3. The standard InChI is InChI=1S/C57H45N/c1-36-32-41(44-23-14-19-38-17-8-9-20-43(38)44)34-48(40-29-28-37-16-6-7-18-39(37)33-40)55(36)58(42-30-31-46-45-21-10-12-24-49(45)57(4,5)52(46)35-42)53-27-15-26-51-54(53)47-22-11-13-25-50(47)56(51,2)3/h6-35H,1-5H3. The summed E-state index contributed by atoms with van der Waals surface area (Å²) >= 11 is 0. The van der Waals surface area contributed by atoms with Crippen LogP contribution in [0.25, 0.3) is 66.1 Å². The third-order valence-electron chi connectivity index (χ3n) is 13.3. The van der Waals surface area contributed by atoms with Gasteiger partial charge < -0.3 is 4.90 Å². The van der Waals surface area contributed by atoms with Crippen LogP contribution in [0.2, 0.25) is 0 Å². The van der Waals surface area contributed by atoms with Gasteiger partial charge in [-0.2, -0.15) is 0 Å². The summed E-state index contributed by atoms with van der Waals surface area (Å²) in [6.45, 7) is 11.8. The van der Waals surface area contributed by atoms with Crippen LogP contribution >= 0.6 is 0 Å². The lowest BCUT2D eigenvalue weighted by Crippen LogP contribution is -2.18. The lowest BCUT2D eigenvalue weighted by molar-refractivity contribution is 0.660. The SMILES string of the molecule is Cc1cc(-c2cccc3ccccc23)cc(-c2ccc3ccccc3c2)c1N(c1ccc2c(c1)C(C)(C)c1ccccc1-2)c1cccc2c1-c1ccccc1C2(C)C. The Morgan fingerprint density at radius 1 is 0.379 bits per heavy atom. The summed E-state index contributed by atoms with van der Waals surface area (Å²) < 4.78 is 0. The smallest absolute Gasteiger partial charge is 0.0569 e. The molecule has 9 aromatic carbocycles. The molecule has 0 N–H and O–H groups in total. The lowest BCUT2D eigenvalue weighted by atomic mass is 9.82. The Morgan fingerprint density at radius 2 is 0.983 bits per heavy atom. The van der Waals surface area contributed by atoms with E-state index in [2.05, 4.69) is 222 Å². The van der Waals surface area contributed by atoms with Crippen LogP contribution in [0.1, 0.15) is 55.5 Å². The van der Waals surface area contributed by atoms with Crippen molar-refractivity contribution in [2.75, 3.05) is 4.90 Å². The van der Waals surface area contributed by atoms with Gasteiger partial charge in [0, 0.05) is 27.6 Å². The van der Waals surface area contributed by atoms with Gasteiger partial charge in [0.2, 0.25) is 0 Å². The van der Waals surface area contributed by atoms with Gasteiger partial charge in [-0.15, -0.1) is 0 Å². The molecule has 1 nitrogen and oxygen atoms in total. The maximum absolute atomic E-state index is 2.60. The van der Waals surface area contributed by atoms with Crippen LogP contribution in [0.15, 0.2) is 182 Å². The molecule has 58 heavy (non-hydrogen) atoms. The predicted molar refractivity (Wildman–Crippen MR) is 247 cm³/mol. The summed E-state index contributed by atoms with van der Waals surface area (Å²) in [5.41, 5.74) is 20.2. The van der Waals surface area contributed by atoms with Crippen molar-refractivity contribution >= 4 is 38.6 Å². The van der Waals surface area contributed by atoms with Crippen LogP contribution < -0.4 is 4.90 Å². The van der Waals surface area contributed by atoms with E-state index in [1.54, 1.807) is 0 Å². The summed E-state index contributed by atoms with van der Waals surface area (Å²) in [6.07, 6.45) is 0. The molecule has 0 fully saturated rings. The number of hydrogen-bond donors (Lipinski definition) is 0. The third kappa shape index (κ3) is 5.02. The largest absolute Gasteiger partial charge is 0.309 e. The Morgan fingerprint density at radius 3 is 1.81 bits per heavy atom. The minimum atomic E-state index is -0.144. The second-order valence-electron chi connectivity index (χ2n) is 17.4. The molecule has 0 aromatic heterocycles. The van der Waals surface area contributed by atoms with Crippen LogP contribution in [0.5, 0.6) is 0 Å². The highest BCUT2D eigenvalue weighted by molar-refractivity contribution is 6.03. The molecule has 0 unspecified atom stereocenters. The Bertz CT molecular complexity index is 3140. The molecule has 9 aromatic rings. The molecular formula is C57H45N. The van der Waals surface area contributed by atoms with Gasteiger partial charge in [-0.3, -0.25) is 0 Å². The molecule has 0 radical (unpaired) electrons. The number of aryl methyl sites for hydroxylation is 1. The Labute approximate surface area is 341 Å². The zero-order valence-electron chi connectivity index (χ0n) is 33.8. The monoisotopic (exact) mass is 743 g/mol. The lowest BCUT2D eigenvalue weighted by Gasteiger charge is -2.33. The molecule has 0 bridgehead atoms. The number of benzene rings is 9. The molecule has 1 heteroatoms. The Kier molecular flexibility index (Phi) is 7.53. The van der Waals surface area contributed by atoms with Gasteiger partial charge in [0.15, 0.2) is 0 Å². The minimum absolute atomic E-state index is 0.135. The summed E-state index contributed by atoms with van der Waals surface area (Å²) in [5.74, 6) is 0. The van der Waals surface area contributed by atoms with Crippen LogP contribution in [-0.4, -0.2) is 0 Å². The molecule has 0 atom stereocenters. The molecule has 0 saturated carbocycles. The number of nitrogens with zero attached hydrogens (tertiary/aromatic N) is 1. The summed E-state index contributed by atoms with van der Waals surface area (Å²) in [6, 6.07) is 68.2. The maximum Gasteiger partial charge on any atom is 0.0569 e. The first-order valence-corrected chi connectivity index (χ1v) is 20.6. The minimum Gasteiger partial charge on any atom is -0.309 e. The predicted octanol–water partition coefficient (Wildman–Crippen LogP) is 15.7. The average molecular weight is 744 g/mol. The van der Waals surface area contributed by atoms with E-state index in [1.165, 1.54) is 111 Å². The van der Waals surface area contributed by atoms with Gasteiger partial charge in [0.1, 0.15) is 0 Å². The molecule has 0 amide bonds. The Balaban J connectivity index is 1.24. The highest BCUT2D eigenvalue weighted by Gasteiger charge is 2.39. The van der Waals surface area contributed by atoms with E-state index >= 15 is 0 Å². The second-order valence-corrected chi connectivity index (χ2v) is 17.4. The number of rotatable bonds is 5. The van der Waals surface area contributed by atoms with Crippen molar-refractivity contribution in [1.29, 1.82) is 0 Å². The fraction of sp³-hybridized carbons (Fsp3) is 0.123. The molecule has 2 aliphatic carbocycles. The van der Waals surface area contributed by atoms with E-state index in [9.17, 15) is 0 Å². The molecule has 0 spiro atoms. The number of fused-ring (bicyclic) bond motifs is 8. The summed E-state index contributed by atoms with van der Waals surface area (Å²) in [4.78, 5) is 2.60. The number of anilines is 3. The summed E-state index contributed by atoms with van der Waals surface area (Å²) in [7, 11) is 0. The van der Waals surface area contributed by atoms with Crippen molar-refractivity contribution in [3.8, 4) is 44.5 Å². The van der Waals surface area contributed by atoms with Gasteiger partial charge in [-0.25, -0.2) is 0 Å². The van der Waals surface area contributed by atoms with E-state index in [0.29, 0.717) is 0 Å². The van der Waals surface area contributed by atoms with Gasteiger partial charge in [-0.1, -0.05) is 173 Å². The van der Waals surface area contributed by atoms with Gasteiger partial charge in [0.25, 0.3) is 0 Å². The van der Waals surface area contributed by atoms with E-state index < -0.39 is 0 Å². The molecule has 0 aliphatic heterocycles. The number of hydrogen-bond acceptors (Lipinski definition) is 1. The average Bonchev–Trinajstić information content (AvgIpc) is 3.63. The highest BCUT2D eigenvalue weighted by atomic mass is 15.2. The van der Waals surface area contributed by atoms with Gasteiger partial charge in [-0.05, 0) is 126 Å². The normalized spacial score (nSPS) is 14.2. The molecule has 2 aliphatic rings. The van der Waals surface area contributed by atoms with Crippen molar-refractivity contribution in [2.45, 2.75) is 45.4 Å². The zero-order valence-corrected chi connectivity index (χ0v) is 33.8. The van der Waals surface area contributed by atoms with Gasteiger partial charge in [0.05, 0.1) is 11.4 Å². The van der Waals surface area contributed by atoms with E-state index in [-0.39, 0.29) is 10.8 Å². The van der Waals surface area contributed by atoms with Crippen molar-refractivity contribution in [3.05, 3.63) is 210 Å². The first kappa shape index (κ1) is 34.5. The van der Waals surface area contributed by atoms with Crippen LogP contribution in [0, 0.1) is 6.92 Å². The molecule has 0 heterocycles. The first-order valence-electron chi connectivity index (χ1n) is 20.6. The fourth-order valence-electron chi connectivity index (χ4n) is 10.4. The van der Waals surface area contributed by atoms with Crippen molar-refractivity contribution < 1.29 is 0 Å². The van der Waals surface area contributed by atoms with Crippen LogP contribution in [-0.2, 0) is 10.8 Å². The van der Waals surface area contributed by atoms with Crippen molar-refractivity contribution in [2.24, 2.45) is 0 Å². The Hall–Kier alpha value is -6.70. The second kappa shape index (κ2) is 12.7. The van der Waals surface area contributed by atoms with Crippen molar-refractivity contribution in [1.82, 2.24) is 0 Å². The quantitative estimate of drug-likeness (QED) is 0.170. The van der Waals surface area contributed by atoms with Crippen LogP contribution in [0.4, 0.5) is 17.1 Å². The molecule has 11 rings (SSSR count).